The smallest absolute Gasteiger partial charge is 0.262 e. The number of anilines is 1. The molecule has 0 aliphatic carbocycles. The molecule has 0 aliphatic heterocycles. The van der Waals surface area contributed by atoms with Gasteiger partial charge in [0, 0.05) is 10.9 Å². The molecule has 0 saturated heterocycles. The molecule has 0 aromatic heterocycles. The van der Waals surface area contributed by atoms with E-state index in [0.717, 1.165) is 5.39 Å². The van der Waals surface area contributed by atoms with Crippen LogP contribution in [-0.4, -0.2) is 8.42 Å². The van der Waals surface area contributed by atoms with Gasteiger partial charge in [-0.25, -0.2) is 8.42 Å². The molecule has 5 nitrogen and oxygen atoms in total. The number of hydrogen-bond acceptors (Lipinski definition) is 3. The molecule has 25 heavy (non-hydrogen) atoms. The molecule has 0 amide bonds. The minimum absolute atomic E-state index is 0.180. The van der Waals surface area contributed by atoms with Gasteiger partial charge in [-0.05, 0) is 30.5 Å². The van der Waals surface area contributed by atoms with Crippen LogP contribution >= 0.6 is 0 Å². The highest BCUT2D eigenvalue weighted by Gasteiger charge is 2.20. The van der Waals surface area contributed by atoms with Gasteiger partial charge in [-0.15, -0.1) is 0 Å². The van der Waals surface area contributed by atoms with Gasteiger partial charge in [-0.3, -0.25) is 4.72 Å². The summed E-state index contributed by atoms with van der Waals surface area (Å²) in [5.41, 5.74) is 1.90. The Hall–Kier alpha value is -2.67. The number of rotatable bonds is 5. The second-order valence-electron chi connectivity index (χ2n) is 5.51. The minimum atomic E-state index is -3.84. The molecule has 0 aliphatic rings. The highest BCUT2D eigenvalue weighted by molar-refractivity contribution is 7.93. The number of nitrogens with two attached hydrogens (primary N) is 1. The summed E-state index contributed by atoms with van der Waals surface area (Å²) < 4.78 is 28.4. The molecule has 0 radical (unpaired) electrons. The van der Waals surface area contributed by atoms with E-state index in [4.69, 9.17) is 0 Å². The number of quaternary nitrogens is 1. The summed E-state index contributed by atoms with van der Waals surface area (Å²) in [6.45, 7) is 1.83. The number of fused-ring (bicyclic) bond motifs is 1. The molecule has 0 bridgehead atoms. The third-order valence-electron chi connectivity index (χ3n) is 3.89. The maximum absolute atomic E-state index is 12.9. The summed E-state index contributed by atoms with van der Waals surface area (Å²) in [6, 6.07) is 17.5. The van der Waals surface area contributed by atoms with Crippen LogP contribution in [0.15, 0.2) is 71.6 Å². The lowest BCUT2D eigenvalue weighted by atomic mass is 10.1. The maximum Gasteiger partial charge on any atom is 0.262 e. The normalized spacial score (nSPS) is 11.9. The van der Waals surface area contributed by atoms with Gasteiger partial charge in [0.2, 0.25) is 0 Å². The van der Waals surface area contributed by atoms with Crippen molar-refractivity contribution in [2.75, 3.05) is 4.72 Å². The molecule has 0 heterocycles. The molecule has 0 unspecified atom stereocenters. The molecule has 0 spiro atoms. The van der Waals surface area contributed by atoms with Crippen LogP contribution in [0, 0.1) is 5.21 Å². The highest BCUT2D eigenvalue weighted by Crippen LogP contribution is 2.28. The van der Waals surface area contributed by atoms with E-state index < -0.39 is 10.0 Å². The molecule has 3 aromatic carbocycles. The van der Waals surface area contributed by atoms with Crippen LogP contribution in [-0.2, 0) is 10.0 Å². The SMILES string of the molecule is C/C=C\c1cccc(NS(=O)(=O)c2cccc3ccccc23)c1[NH2+][O-]. The van der Waals surface area contributed by atoms with Gasteiger partial charge >= 0.3 is 0 Å². The Bertz CT molecular complexity index is 1040. The fraction of sp³-hybridized carbons (Fsp3) is 0.0526. The van der Waals surface area contributed by atoms with Crippen molar-refractivity contribution < 1.29 is 13.9 Å². The van der Waals surface area contributed by atoms with Gasteiger partial charge in [0.05, 0.1) is 4.90 Å². The summed E-state index contributed by atoms with van der Waals surface area (Å²) in [5, 5.41) is 13.0. The van der Waals surface area contributed by atoms with Gasteiger partial charge in [0.25, 0.3) is 10.0 Å². The first-order chi connectivity index (χ1) is 12.1. The van der Waals surface area contributed by atoms with E-state index in [0.29, 0.717) is 22.1 Å². The Kier molecular flexibility index (Phi) is 4.85. The Morgan fingerprint density at radius 3 is 2.48 bits per heavy atom. The average molecular weight is 354 g/mol. The highest BCUT2D eigenvalue weighted by atomic mass is 32.2. The molecule has 3 rings (SSSR count). The lowest BCUT2D eigenvalue weighted by Crippen LogP contribution is -2.70. The van der Waals surface area contributed by atoms with Gasteiger partial charge in [0.15, 0.2) is 5.69 Å². The monoisotopic (exact) mass is 354 g/mol. The van der Waals surface area contributed by atoms with Gasteiger partial charge in [0.1, 0.15) is 5.69 Å². The first-order valence-corrected chi connectivity index (χ1v) is 9.26. The van der Waals surface area contributed by atoms with Crippen molar-refractivity contribution in [2.45, 2.75) is 11.8 Å². The van der Waals surface area contributed by atoms with Crippen molar-refractivity contribution in [1.29, 1.82) is 0 Å². The topological polar surface area (TPSA) is 85.8 Å². The quantitative estimate of drug-likeness (QED) is 0.544. The summed E-state index contributed by atoms with van der Waals surface area (Å²) in [5.74, 6) is 0. The molecule has 6 heteroatoms. The van der Waals surface area contributed by atoms with Crippen molar-refractivity contribution in [3.63, 3.8) is 0 Å². The molecule has 0 atom stereocenters. The molecule has 0 saturated carbocycles. The van der Waals surface area contributed by atoms with Crippen molar-refractivity contribution in [3.05, 3.63) is 77.5 Å². The van der Waals surface area contributed by atoms with Gasteiger partial charge in [-0.2, -0.15) is 0 Å². The van der Waals surface area contributed by atoms with Crippen molar-refractivity contribution in [3.8, 4) is 0 Å². The standard InChI is InChI=1S/C19H18N2O3S/c1-2-7-15-10-5-12-17(19(15)20-22)21-25(23,24)18-13-6-9-14-8-3-4-11-16(14)18/h2-13,21H,20H2,1H3/b7-2-. The summed E-state index contributed by atoms with van der Waals surface area (Å²) >= 11 is 0. The zero-order chi connectivity index (χ0) is 17.9. The summed E-state index contributed by atoms with van der Waals surface area (Å²) in [4.78, 5) is 0.180. The van der Waals surface area contributed by atoms with Crippen LogP contribution in [0.3, 0.4) is 0 Å². The molecule has 3 N–H and O–H groups in total. The number of hydrogen-bond donors (Lipinski definition) is 2. The van der Waals surface area contributed by atoms with Crippen LogP contribution in [0.4, 0.5) is 11.4 Å². The lowest BCUT2D eigenvalue weighted by molar-refractivity contribution is -0.496. The third kappa shape index (κ3) is 3.41. The fourth-order valence-corrected chi connectivity index (χ4v) is 4.07. The molecule has 128 valence electrons. The largest absolute Gasteiger partial charge is 0.630 e. The third-order valence-corrected chi connectivity index (χ3v) is 5.31. The number of nitrogens with one attached hydrogen (secondary N) is 1. The number of sulfonamides is 1. The van der Waals surface area contributed by atoms with Crippen LogP contribution in [0.25, 0.3) is 16.8 Å². The molecular formula is C19H18N2O3S. The van der Waals surface area contributed by atoms with Crippen LogP contribution < -0.4 is 10.2 Å². The van der Waals surface area contributed by atoms with Gasteiger partial charge in [-0.1, -0.05) is 54.6 Å². The second-order valence-corrected chi connectivity index (χ2v) is 7.16. The van der Waals surface area contributed by atoms with E-state index in [1.165, 1.54) is 0 Å². The molecule has 3 aromatic rings. The van der Waals surface area contributed by atoms with E-state index in [1.807, 2.05) is 25.1 Å². The Balaban J connectivity index is 2.09. The second kappa shape index (κ2) is 7.06. The molecular weight excluding hydrogens is 336 g/mol. The van der Waals surface area contributed by atoms with Crippen molar-refractivity contribution >= 4 is 38.2 Å². The van der Waals surface area contributed by atoms with E-state index in [2.05, 4.69) is 4.72 Å². The average Bonchev–Trinajstić information content (AvgIpc) is 2.61. The predicted octanol–water partition coefficient (Wildman–Crippen LogP) is 3.37. The lowest BCUT2D eigenvalue weighted by Gasteiger charge is -2.15. The van der Waals surface area contributed by atoms with E-state index >= 15 is 0 Å². The van der Waals surface area contributed by atoms with E-state index in [1.54, 1.807) is 54.6 Å². The summed E-state index contributed by atoms with van der Waals surface area (Å²) in [6.07, 6.45) is 3.56. The van der Waals surface area contributed by atoms with Crippen molar-refractivity contribution in [1.82, 2.24) is 0 Å². The number of benzene rings is 3. The Labute approximate surface area is 146 Å². The van der Waals surface area contributed by atoms with Gasteiger partial charge < -0.3 is 10.7 Å². The Morgan fingerprint density at radius 1 is 1.00 bits per heavy atom. The van der Waals surface area contributed by atoms with Crippen LogP contribution in [0.5, 0.6) is 0 Å². The van der Waals surface area contributed by atoms with E-state index in [9.17, 15) is 13.6 Å². The first-order valence-electron chi connectivity index (χ1n) is 7.78. The zero-order valence-corrected chi connectivity index (χ0v) is 14.5. The summed E-state index contributed by atoms with van der Waals surface area (Å²) in [7, 11) is -3.84. The zero-order valence-electron chi connectivity index (χ0n) is 13.6. The Morgan fingerprint density at radius 2 is 1.72 bits per heavy atom. The first kappa shape index (κ1) is 17.2. The fourth-order valence-electron chi connectivity index (χ4n) is 2.76. The maximum atomic E-state index is 12.9. The molecule has 0 fully saturated rings. The minimum Gasteiger partial charge on any atom is -0.630 e. The van der Waals surface area contributed by atoms with Crippen molar-refractivity contribution in [2.24, 2.45) is 0 Å². The number of allylic oxidation sites excluding steroid dienone is 1. The van der Waals surface area contributed by atoms with Crippen LogP contribution in [0.1, 0.15) is 12.5 Å². The van der Waals surface area contributed by atoms with Crippen LogP contribution in [0.2, 0.25) is 0 Å². The predicted molar refractivity (Wildman–Crippen MR) is 101 cm³/mol. The van der Waals surface area contributed by atoms with E-state index in [-0.39, 0.29) is 10.6 Å².